The highest BCUT2D eigenvalue weighted by atomic mass is 19.2. The molecule has 1 aromatic carbocycles. The van der Waals surface area contributed by atoms with Crippen molar-refractivity contribution in [2.75, 3.05) is 38.0 Å². The van der Waals surface area contributed by atoms with Crippen molar-refractivity contribution in [1.29, 1.82) is 0 Å². The summed E-state index contributed by atoms with van der Waals surface area (Å²) in [7, 11) is 0. The predicted molar refractivity (Wildman–Crippen MR) is 89.2 cm³/mol. The van der Waals surface area contributed by atoms with Crippen LogP contribution in [0, 0.1) is 11.6 Å². The Morgan fingerprint density at radius 3 is 2.58 bits per heavy atom. The molecule has 0 bridgehead atoms. The van der Waals surface area contributed by atoms with Crippen LogP contribution in [0.15, 0.2) is 12.1 Å². The van der Waals surface area contributed by atoms with Gasteiger partial charge >= 0.3 is 6.09 Å². The SMILES string of the molecule is CC(C)(C)OC(=O)Nc1cc(CCN2CCNCC2)cc(F)c1F. The standard InChI is InChI=1S/C17H25F2N3O2/c1-17(2,3)24-16(23)21-14-11-12(10-13(18)15(14)19)4-7-22-8-5-20-6-9-22/h10-11,20H,4-9H2,1-3H3,(H,21,23). The van der Waals surface area contributed by atoms with E-state index in [4.69, 9.17) is 4.74 Å². The molecule has 1 saturated heterocycles. The van der Waals surface area contributed by atoms with Crippen molar-refractivity contribution in [3.63, 3.8) is 0 Å². The fraction of sp³-hybridized carbons (Fsp3) is 0.588. The first-order valence-corrected chi connectivity index (χ1v) is 8.15. The second-order valence-corrected chi connectivity index (χ2v) is 6.91. The number of benzene rings is 1. The topological polar surface area (TPSA) is 53.6 Å². The number of rotatable bonds is 4. The lowest BCUT2D eigenvalue weighted by Gasteiger charge is -2.27. The Morgan fingerprint density at radius 2 is 1.96 bits per heavy atom. The highest BCUT2D eigenvalue weighted by molar-refractivity contribution is 5.85. The highest BCUT2D eigenvalue weighted by Gasteiger charge is 2.19. The number of nitrogens with zero attached hydrogens (tertiary/aromatic N) is 1. The minimum absolute atomic E-state index is 0.195. The molecule has 0 saturated carbocycles. The molecule has 0 aliphatic carbocycles. The zero-order valence-corrected chi connectivity index (χ0v) is 14.4. The maximum atomic E-state index is 13.9. The van der Waals surface area contributed by atoms with Gasteiger partial charge in [0.2, 0.25) is 0 Å². The predicted octanol–water partition coefficient (Wildman–Crippen LogP) is 2.76. The lowest BCUT2D eigenvalue weighted by molar-refractivity contribution is 0.0635. The molecule has 1 aliphatic rings. The molecule has 24 heavy (non-hydrogen) atoms. The average Bonchev–Trinajstić information content (AvgIpc) is 2.49. The molecule has 5 nitrogen and oxygen atoms in total. The van der Waals surface area contributed by atoms with Crippen LogP contribution in [0.25, 0.3) is 0 Å². The molecule has 1 amide bonds. The van der Waals surface area contributed by atoms with Crippen molar-refractivity contribution in [2.45, 2.75) is 32.8 Å². The summed E-state index contributed by atoms with van der Waals surface area (Å²) in [4.78, 5) is 14.0. The van der Waals surface area contributed by atoms with Crippen LogP contribution in [-0.4, -0.2) is 49.3 Å². The van der Waals surface area contributed by atoms with E-state index < -0.39 is 23.3 Å². The van der Waals surface area contributed by atoms with E-state index in [1.807, 2.05) is 0 Å². The number of piperazine rings is 1. The van der Waals surface area contributed by atoms with Gasteiger partial charge in [0.1, 0.15) is 5.60 Å². The number of carbonyl (C=O) groups excluding carboxylic acids is 1. The summed E-state index contributed by atoms with van der Waals surface area (Å²) in [6.45, 7) is 9.61. The molecular formula is C17H25F2N3O2. The minimum Gasteiger partial charge on any atom is -0.444 e. The molecule has 0 radical (unpaired) electrons. The Labute approximate surface area is 141 Å². The molecule has 7 heteroatoms. The highest BCUT2D eigenvalue weighted by Crippen LogP contribution is 2.21. The lowest BCUT2D eigenvalue weighted by Crippen LogP contribution is -2.44. The van der Waals surface area contributed by atoms with E-state index in [2.05, 4.69) is 15.5 Å². The van der Waals surface area contributed by atoms with Crippen LogP contribution < -0.4 is 10.6 Å². The van der Waals surface area contributed by atoms with E-state index in [1.165, 1.54) is 12.1 Å². The van der Waals surface area contributed by atoms with Gasteiger partial charge in [-0.15, -0.1) is 0 Å². The maximum Gasteiger partial charge on any atom is 0.412 e. The van der Waals surface area contributed by atoms with Gasteiger partial charge in [0.25, 0.3) is 0 Å². The van der Waals surface area contributed by atoms with E-state index in [1.54, 1.807) is 20.8 Å². The molecular weight excluding hydrogens is 316 g/mol. The Kier molecular flexibility index (Phi) is 6.12. The van der Waals surface area contributed by atoms with Gasteiger partial charge in [0.15, 0.2) is 11.6 Å². The largest absolute Gasteiger partial charge is 0.444 e. The van der Waals surface area contributed by atoms with E-state index in [0.717, 1.165) is 32.7 Å². The molecule has 2 N–H and O–H groups in total. The number of halogens is 2. The first-order chi connectivity index (χ1) is 11.2. The zero-order valence-electron chi connectivity index (χ0n) is 14.4. The Bertz CT molecular complexity index is 582. The number of hydrogen-bond acceptors (Lipinski definition) is 4. The summed E-state index contributed by atoms with van der Waals surface area (Å²) >= 11 is 0. The van der Waals surface area contributed by atoms with Gasteiger partial charge in [-0.2, -0.15) is 0 Å². The van der Waals surface area contributed by atoms with Crippen molar-refractivity contribution in [3.8, 4) is 0 Å². The van der Waals surface area contributed by atoms with Crippen LogP contribution in [0.4, 0.5) is 19.3 Å². The van der Waals surface area contributed by atoms with Crippen LogP contribution in [0.5, 0.6) is 0 Å². The number of ether oxygens (including phenoxy) is 1. The molecule has 1 heterocycles. The van der Waals surface area contributed by atoms with Crippen LogP contribution in [0.1, 0.15) is 26.3 Å². The molecule has 0 aromatic heterocycles. The van der Waals surface area contributed by atoms with Crippen molar-refractivity contribution >= 4 is 11.8 Å². The molecule has 0 spiro atoms. The molecule has 0 atom stereocenters. The molecule has 1 aromatic rings. The third kappa shape index (κ3) is 5.72. The molecule has 0 unspecified atom stereocenters. The number of hydrogen-bond donors (Lipinski definition) is 2. The quantitative estimate of drug-likeness (QED) is 0.884. The molecule has 1 fully saturated rings. The molecule has 2 rings (SSSR count). The first-order valence-electron chi connectivity index (χ1n) is 8.15. The van der Waals surface area contributed by atoms with Crippen molar-refractivity contribution in [3.05, 3.63) is 29.3 Å². The van der Waals surface area contributed by atoms with Crippen LogP contribution in [0.2, 0.25) is 0 Å². The number of anilines is 1. The summed E-state index contributed by atoms with van der Waals surface area (Å²) < 4.78 is 32.8. The van der Waals surface area contributed by atoms with Crippen molar-refractivity contribution in [2.24, 2.45) is 0 Å². The average molecular weight is 341 g/mol. The molecule has 134 valence electrons. The number of amides is 1. The van der Waals surface area contributed by atoms with E-state index in [-0.39, 0.29) is 5.69 Å². The van der Waals surface area contributed by atoms with E-state index in [0.29, 0.717) is 12.0 Å². The maximum absolute atomic E-state index is 13.9. The Morgan fingerprint density at radius 1 is 1.29 bits per heavy atom. The van der Waals surface area contributed by atoms with E-state index >= 15 is 0 Å². The smallest absolute Gasteiger partial charge is 0.412 e. The fourth-order valence-electron chi connectivity index (χ4n) is 2.52. The molecule has 1 aliphatic heterocycles. The second-order valence-electron chi connectivity index (χ2n) is 6.91. The summed E-state index contributed by atoms with van der Waals surface area (Å²) in [6, 6.07) is 2.64. The first kappa shape index (κ1) is 18.6. The van der Waals surface area contributed by atoms with Crippen molar-refractivity contribution < 1.29 is 18.3 Å². The van der Waals surface area contributed by atoms with Crippen LogP contribution in [-0.2, 0) is 11.2 Å². The summed E-state index contributed by atoms with van der Waals surface area (Å²) in [5.41, 5.74) is -0.267. The number of carbonyl (C=O) groups is 1. The van der Waals surface area contributed by atoms with Gasteiger partial charge < -0.3 is 15.0 Å². The van der Waals surface area contributed by atoms with Crippen molar-refractivity contribution in [1.82, 2.24) is 10.2 Å². The van der Waals surface area contributed by atoms with Gasteiger partial charge in [-0.25, -0.2) is 13.6 Å². The van der Waals surface area contributed by atoms with Gasteiger partial charge in [-0.3, -0.25) is 5.32 Å². The van der Waals surface area contributed by atoms with Gasteiger partial charge in [-0.1, -0.05) is 0 Å². The summed E-state index contributed by atoms with van der Waals surface area (Å²) in [5.74, 6) is -2.05. The normalized spacial score (nSPS) is 16.0. The number of nitrogens with one attached hydrogen (secondary N) is 2. The Hall–Kier alpha value is -1.73. The monoisotopic (exact) mass is 341 g/mol. The third-order valence-electron chi connectivity index (χ3n) is 3.65. The second kappa shape index (κ2) is 7.90. The van der Waals surface area contributed by atoms with Gasteiger partial charge in [-0.05, 0) is 44.9 Å². The lowest BCUT2D eigenvalue weighted by atomic mass is 10.1. The summed E-state index contributed by atoms with van der Waals surface area (Å²) in [5, 5.41) is 5.55. The fourth-order valence-corrected chi connectivity index (χ4v) is 2.52. The van der Waals surface area contributed by atoms with E-state index in [9.17, 15) is 13.6 Å². The van der Waals surface area contributed by atoms with Crippen LogP contribution >= 0.6 is 0 Å². The van der Waals surface area contributed by atoms with Gasteiger partial charge in [0, 0.05) is 32.7 Å². The minimum atomic E-state index is -1.08. The zero-order chi connectivity index (χ0) is 17.7. The Balaban J connectivity index is 2.02. The third-order valence-corrected chi connectivity index (χ3v) is 3.65. The summed E-state index contributed by atoms with van der Waals surface area (Å²) in [6.07, 6.45) is -0.222. The van der Waals surface area contributed by atoms with Gasteiger partial charge in [0.05, 0.1) is 5.69 Å². The van der Waals surface area contributed by atoms with Crippen LogP contribution in [0.3, 0.4) is 0 Å².